The van der Waals surface area contributed by atoms with E-state index in [9.17, 15) is 9.59 Å². The van der Waals surface area contributed by atoms with Gasteiger partial charge in [-0.15, -0.1) is 11.6 Å². The van der Waals surface area contributed by atoms with Gasteiger partial charge in [-0.3, -0.25) is 14.5 Å². The number of carbonyl (C=O) groups is 2. The maximum Gasteiger partial charge on any atom is 0.242 e. The molecule has 1 N–H and O–H groups in total. The van der Waals surface area contributed by atoms with E-state index < -0.39 is 5.54 Å². The van der Waals surface area contributed by atoms with E-state index in [1.807, 2.05) is 18.2 Å². The Morgan fingerprint density at radius 3 is 2.68 bits per heavy atom. The topological polar surface area (TPSA) is 52.7 Å². The van der Waals surface area contributed by atoms with Crippen LogP contribution in [0.5, 0.6) is 0 Å². The molecular weight excluding hydrogens is 302 g/mol. The third-order valence-electron chi connectivity index (χ3n) is 4.63. The number of hydrogen-bond donors (Lipinski definition) is 1. The average Bonchev–Trinajstić information content (AvgIpc) is 2.91. The van der Waals surface area contributed by atoms with Crippen LogP contribution in [0.25, 0.3) is 0 Å². The summed E-state index contributed by atoms with van der Waals surface area (Å²) in [6.07, 6.45) is 0.727. The summed E-state index contributed by atoms with van der Waals surface area (Å²) in [5.74, 6) is -0.105. The standard InChI is InChI=1S/C16H20ClN3O2/c17-10-14(21)19-8-9-20(11-13-4-2-1-3-5-13)16(12-19)6-7-18-15(16)22/h1-5H,6-12H2,(H,18,22)/t16-/m0/s1. The monoisotopic (exact) mass is 321 g/mol. The summed E-state index contributed by atoms with van der Waals surface area (Å²) >= 11 is 5.68. The van der Waals surface area contributed by atoms with Crippen molar-refractivity contribution in [1.82, 2.24) is 15.1 Å². The molecule has 22 heavy (non-hydrogen) atoms. The molecule has 0 saturated carbocycles. The number of amides is 2. The molecule has 1 spiro atoms. The zero-order valence-corrected chi connectivity index (χ0v) is 13.2. The van der Waals surface area contributed by atoms with Gasteiger partial charge in [-0.05, 0) is 12.0 Å². The lowest BCUT2D eigenvalue weighted by atomic mass is 9.91. The lowest BCUT2D eigenvalue weighted by Gasteiger charge is -2.47. The van der Waals surface area contributed by atoms with Crippen LogP contribution >= 0.6 is 11.6 Å². The van der Waals surface area contributed by atoms with E-state index in [4.69, 9.17) is 11.6 Å². The Morgan fingerprint density at radius 2 is 2.05 bits per heavy atom. The second-order valence-corrected chi connectivity index (χ2v) is 6.16. The fourth-order valence-corrected chi connectivity index (χ4v) is 3.56. The molecule has 0 bridgehead atoms. The van der Waals surface area contributed by atoms with E-state index in [1.165, 1.54) is 5.56 Å². The summed E-state index contributed by atoms with van der Waals surface area (Å²) in [6.45, 7) is 3.11. The van der Waals surface area contributed by atoms with Gasteiger partial charge in [-0.25, -0.2) is 0 Å². The number of hydrogen-bond acceptors (Lipinski definition) is 3. The average molecular weight is 322 g/mol. The normalized spacial score (nSPS) is 25.5. The fraction of sp³-hybridized carbons (Fsp3) is 0.500. The Morgan fingerprint density at radius 1 is 1.27 bits per heavy atom. The van der Waals surface area contributed by atoms with Crippen molar-refractivity contribution in [1.29, 1.82) is 0 Å². The van der Waals surface area contributed by atoms with E-state index in [0.29, 0.717) is 26.2 Å². The minimum atomic E-state index is -0.615. The third kappa shape index (κ3) is 2.71. The van der Waals surface area contributed by atoms with Crippen molar-refractivity contribution in [2.24, 2.45) is 0 Å². The maximum atomic E-state index is 12.5. The third-order valence-corrected chi connectivity index (χ3v) is 4.86. The highest BCUT2D eigenvalue weighted by molar-refractivity contribution is 6.27. The summed E-state index contributed by atoms with van der Waals surface area (Å²) in [7, 11) is 0. The summed E-state index contributed by atoms with van der Waals surface area (Å²) in [5.41, 5.74) is 0.564. The Kier molecular flexibility index (Phi) is 4.36. The highest BCUT2D eigenvalue weighted by Crippen LogP contribution is 2.30. The number of benzene rings is 1. The molecule has 2 aliphatic rings. The first-order valence-corrected chi connectivity index (χ1v) is 8.10. The quantitative estimate of drug-likeness (QED) is 0.839. The summed E-state index contributed by atoms with van der Waals surface area (Å²) in [6, 6.07) is 10.1. The number of nitrogens with one attached hydrogen (secondary N) is 1. The zero-order chi connectivity index (χ0) is 15.6. The minimum absolute atomic E-state index is 0.0236. The predicted octanol–water partition coefficient (Wildman–Crippen LogP) is 0.828. The first-order valence-electron chi connectivity index (χ1n) is 7.57. The van der Waals surface area contributed by atoms with Crippen LogP contribution in [0.15, 0.2) is 30.3 Å². The van der Waals surface area contributed by atoms with Crippen LogP contribution < -0.4 is 5.32 Å². The van der Waals surface area contributed by atoms with Gasteiger partial charge in [0.1, 0.15) is 11.4 Å². The zero-order valence-electron chi connectivity index (χ0n) is 12.4. The smallest absolute Gasteiger partial charge is 0.242 e. The Bertz CT molecular complexity index is 566. The molecule has 2 fully saturated rings. The second kappa shape index (κ2) is 6.26. The van der Waals surface area contributed by atoms with E-state index in [2.05, 4.69) is 22.3 Å². The molecule has 2 heterocycles. The molecule has 1 aromatic rings. The molecule has 1 aromatic carbocycles. The molecular formula is C16H20ClN3O2. The van der Waals surface area contributed by atoms with Crippen molar-refractivity contribution in [2.45, 2.75) is 18.5 Å². The molecule has 118 valence electrons. The largest absolute Gasteiger partial charge is 0.354 e. The van der Waals surface area contributed by atoms with Gasteiger partial charge in [-0.2, -0.15) is 0 Å². The first-order chi connectivity index (χ1) is 10.7. The van der Waals surface area contributed by atoms with Gasteiger partial charge in [-0.1, -0.05) is 30.3 Å². The van der Waals surface area contributed by atoms with Crippen molar-refractivity contribution in [2.75, 3.05) is 32.1 Å². The van der Waals surface area contributed by atoms with Crippen LogP contribution in [0.1, 0.15) is 12.0 Å². The van der Waals surface area contributed by atoms with Gasteiger partial charge < -0.3 is 10.2 Å². The van der Waals surface area contributed by atoms with Crippen LogP contribution in [0.2, 0.25) is 0 Å². The van der Waals surface area contributed by atoms with E-state index in [-0.39, 0.29) is 17.7 Å². The van der Waals surface area contributed by atoms with Crippen LogP contribution in [-0.4, -0.2) is 59.2 Å². The van der Waals surface area contributed by atoms with E-state index in [1.54, 1.807) is 4.90 Å². The maximum absolute atomic E-state index is 12.5. The number of halogens is 1. The van der Waals surface area contributed by atoms with Gasteiger partial charge in [0.05, 0.1) is 0 Å². The highest BCUT2D eigenvalue weighted by atomic mass is 35.5. The van der Waals surface area contributed by atoms with Gasteiger partial charge in [0.2, 0.25) is 11.8 Å². The first kappa shape index (κ1) is 15.3. The number of carbonyl (C=O) groups excluding carboxylic acids is 2. The number of rotatable bonds is 3. The number of piperazine rings is 1. The molecule has 0 aliphatic carbocycles. The molecule has 1 atom stereocenters. The fourth-order valence-electron chi connectivity index (χ4n) is 3.40. The van der Waals surface area contributed by atoms with Crippen molar-refractivity contribution < 1.29 is 9.59 Å². The number of alkyl halides is 1. The van der Waals surface area contributed by atoms with Gasteiger partial charge in [0.15, 0.2) is 0 Å². The summed E-state index contributed by atoms with van der Waals surface area (Å²) in [4.78, 5) is 28.3. The van der Waals surface area contributed by atoms with Crippen LogP contribution in [-0.2, 0) is 16.1 Å². The number of nitrogens with zero attached hydrogens (tertiary/aromatic N) is 2. The predicted molar refractivity (Wildman–Crippen MR) is 84.5 cm³/mol. The van der Waals surface area contributed by atoms with Crippen molar-refractivity contribution in [3.63, 3.8) is 0 Å². The molecule has 0 unspecified atom stereocenters. The second-order valence-electron chi connectivity index (χ2n) is 5.89. The lowest BCUT2D eigenvalue weighted by Crippen LogP contribution is -2.66. The molecule has 0 aromatic heterocycles. The highest BCUT2D eigenvalue weighted by Gasteiger charge is 2.51. The minimum Gasteiger partial charge on any atom is -0.354 e. The van der Waals surface area contributed by atoms with Gasteiger partial charge >= 0.3 is 0 Å². The molecule has 2 amide bonds. The summed E-state index contributed by atoms with van der Waals surface area (Å²) < 4.78 is 0. The van der Waals surface area contributed by atoms with Crippen molar-refractivity contribution in [3.8, 4) is 0 Å². The van der Waals surface area contributed by atoms with Crippen molar-refractivity contribution in [3.05, 3.63) is 35.9 Å². The molecule has 5 nitrogen and oxygen atoms in total. The SMILES string of the molecule is O=C(CCl)N1CCN(Cc2ccccc2)[C@@]2(CCNC2=O)C1. The molecule has 3 rings (SSSR count). The molecule has 6 heteroatoms. The van der Waals surface area contributed by atoms with Crippen LogP contribution in [0, 0.1) is 0 Å². The Hall–Kier alpha value is -1.59. The molecule has 2 saturated heterocycles. The van der Waals surface area contributed by atoms with Gasteiger partial charge in [0.25, 0.3) is 0 Å². The van der Waals surface area contributed by atoms with E-state index in [0.717, 1.165) is 13.0 Å². The van der Waals surface area contributed by atoms with E-state index >= 15 is 0 Å². The Labute approximate surface area is 135 Å². The molecule has 2 aliphatic heterocycles. The van der Waals surface area contributed by atoms with Gasteiger partial charge in [0, 0.05) is 32.7 Å². The van der Waals surface area contributed by atoms with Crippen LogP contribution in [0.3, 0.4) is 0 Å². The van der Waals surface area contributed by atoms with Crippen molar-refractivity contribution >= 4 is 23.4 Å². The Balaban J connectivity index is 1.83. The van der Waals surface area contributed by atoms with Crippen LogP contribution in [0.4, 0.5) is 0 Å². The lowest BCUT2D eigenvalue weighted by molar-refractivity contribution is -0.142. The molecule has 0 radical (unpaired) electrons. The summed E-state index contributed by atoms with van der Waals surface area (Å²) in [5, 5.41) is 2.92.